The van der Waals surface area contributed by atoms with Crippen LogP contribution in [0.5, 0.6) is 0 Å². The van der Waals surface area contributed by atoms with E-state index in [0.29, 0.717) is 14.8 Å². The van der Waals surface area contributed by atoms with Crippen LogP contribution in [0, 0.1) is 24.1 Å². The fraction of sp³-hybridized carbons (Fsp3) is 0.100. The molecule has 6 heteroatoms. The lowest BCUT2D eigenvalue weighted by Gasteiger charge is -1.99. The molecule has 0 aliphatic rings. The van der Waals surface area contributed by atoms with Crippen LogP contribution in [0.1, 0.15) is 10.6 Å². The molecule has 3 nitrogen and oxygen atoms in total. The first-order chi connectivity index (χ1) is 7.69. The molecule has 2 rings (SSSR count). The Hall–Kier alpha value is -1.45. The van der Waals surface area contributed by atoms with Gasteiger partial charge in [0.2, 0.25) is 0 Å². The van der Waals surface area contributed by atoms with Crippen molar-refractivity contribution in [1.29, 1.82) is 5.26 Å². The summed E-state index contributed by atoms with van der Waals surface area (Å²) in [4.78, 5) is 0.454. The van der Waals surface area contributed by atoms with Crippen LogP contribution >= 0.6 is 23.1 Å². The number of aromatic nitrogens is 2. The number of nitrogens with zero attached hydrogens (tertiary/aromatic N) is 3. The Labute approximate surface area is 99.9 Å². The number of hydrogen-bond acceptors (Lipinski definition) is 5. The van der Waals surface area contributed by atoms with Gasteiger partial charge in [-0.1, -0.05) is 23.1 Å². The van der Waals surface area contributed by atoms with Crippen LogP contribution in [-0.2, 0) is 0 Å². The molecule has 0 bridgehead atoms. The average molecular weight is 251 g/mol. The van der Waals surface area contributed by atoms with Gasteiger partial charge in [0.15, 0.2) is 4.34 Å². The molecule has 0 spiro atoms. The van der Waals surface area contributed by atoms with Crippen LogP contribution in [0.2, 0.25) is 0 Å². The van der Waals surface area contributed by atoms with E-state index in [2.05, 4.69) is 10.2 Å². The van der Waals surface area contributed by atoms with Gasteiger partial charge >= 0.3 is 0 Å². The molecule has 1 aromatic carbocycles. The highest BCUT2D eigenvalue weighted by Crippen LogP contribution is 2.31. The summed E-state index contributed by atoms with van der Waals surface area (Å²) in [7, 11) is 0. The second-order valence-electron chi connectivity index (χ2n) is 2.95. The smallest absolute Gasteiger partial charge is 0.179 e. The van der Waals surface area contributed by atoms with Gasteiger partial charge in [-0.2, -0.15) is 5.26 Å². The molecule has 0 saturated heterocycles. The van der Waals surface area contributed by atoms with Crippen molar-refractivity contribution in [1.82, 2.24) is 10.2 Å². The van der Waals surface area contributed by atoms with Crippen LogP contribution in [0.25, 0.3) is 0 Å². The fourth-order valence-corrected chi connectivity index (χ4v) is 2.84. The van der Waals surface area contributed by atoms with Crippen molar-refractivity contribution in [3.63, 3.8) is 0 Å². The van der Waals surface area contributed by atoms with E-state index < -0.39 is 5.82 Å². The third kappa shape index (κ3) is 2.38. The molecule has 80 valence electrons. The van der Waals surface area contributed by atoms with Crippen LogP contribution in [0.3, 0.4) is 0 Å². The van der Waals surface area contributed by atoms with E-state index in [1.807, 2.05) is 13.0 Å². The molecule has 0 saturated carbocycles. The van der Waals surface area contributed by atoms with Gasteiger partial charge in [0.05, 0.1) is 16.5 Å². The van der Waals surface area contributed by atoms with Crippen molar-refractivity contribution in [2.24, 2.45) is 0 Å². The molecule has 0 amide bonds. The normalized spacial score (nSPS) is 10.1. The minimum Gasteiger partial charge on any atom is -0.206 e. The Kier molecular flexibility index (Phi) is 3.17. The fourth-order valence-electron chi connectivity index (χ4n) is 1.07. The van der Waals surface area contributed by atoms with E-state index in [1.165, 1.54) is 29.2 Å². The van der Waals surface area contributed by atoms with E-state index in [9.17, 15) is 4.39 Å². The van der Waals surface area contributed by atoms with E-state index >= 15 is 0 Å². The third-order valence-corrected chi connectivity index (χ3v) is 3.71. The Bertz CT molecular complexity index is 559. The highest BCUT2D eigenvalue weighted by Gasteiger charge is 2.08. The second-order valence-corrected chi connectivity index (χ2v) is 5.42. The van der Waals surface area contributed by atoms with Gasteiger partial charge in [-0.05, 0) is 25.1 Å². The summed E-state index contributed by atoms with van der Waals surface area (Å²) in [5.74, 6) is -0.406. The van der Waals surface area contributed by atoms with Crippen LogP contribution in [0.4, 0.5) is 4.39 Å². The Morgan fingerprint density at radius 3 is 2.81 bits per heavy atom. The summed E-state index contributed by atoms with van der Waals surface area (Å²) in [5.41, 5.74) is 0.315. The first kappa shape index (κ1) is 11.0. The monoisotopic (exact) mass is 251 g/mol. The standard InChI is InChI=1S/C10H6FN3S2/c1-6-13-14-10(15-6)16-9-3-2-7(5-12)4-8(9)11/h2-4H,1H3. The molecule has 1 heterocycles. The molecule has 0 unspecified atom stereocenters. The van der Waals surface area contributed by atoms with Crippen molar-refractivity contribution < 1.29 is 4.39 Å². The lowest BCUT2D eigenvalue weighted by molar-refractivity contribution is 0.601. The molecule has 0 atom stereocenters. The van der Waals surface area contributed by atoms with Gasteiger partial charge in [-0.3, -0.25) is 0 Å². The van der Waals surface area contributed by atoms with Gasteiger partial charge in [-0.15, -0.1) is 10.2 Å². The number of nitriles is 1. The van der Waals surface area contributed by atoms with Crippen LogP contribution < -0.4 is 0 Å². The number of benzene rings is 1. The number of halogens is 1. The highest BCUT2D eigenvalue weighted by atomic mass is 32.2. The average Bonchev–Trinajstić information content (AvgIpc) is 2.67. The molecular weight excluding hydrogens is 245 g/mol. The Balaban J connectivity index is 2.26. The maximum atomic E-state index is 13.5. The largest absolute Gasteiger partial charge is 0.206 e. The predicted molar refractivity (Wildman–Crippen MR) is 59.9 cm³/mol. The lowest BCUT2D eigenvalue weighted by atomic mass is 10.2. The SMILES string of the molecule is Cc1nnc(Sc2ccc(C#N)cc2F)s1. The number of aryl methyl sites for hydroxylation is 1. The molecule has 0 aliphatic heterocycles. The molecule has 0 fully saturated rings. The first-order valence-corrected chi connectivity index (χ1v) is 6.00. The lowest BCUT2D eigenvalue weighted by Crippen LogP contribution is -1.83. The van der Waals surface area contributed by atoms with Gasteiger partial charge in [0.1, 0.15) is 10.8 Å². The minimum absolute atomic E-state index is 0.315. The van der Waals surface area contributed by atoms with Gasteiger partial charge in [0.25, 0.3) is 0 Å². The maximum absolute atomic E-state index is 13.5. The summed E-state index contributed by atoms with van der Waals surface area (Å²) in [6.07, 6.45) is 0. The maximum Gasteiger partial charge on any atom is 0.179 e. The summed E-state index contributed by atoms with van der Waals surface area (Å²) < 4.78 is 14.2. The summed E-state index contributed by atoms with van der Waals surface area (Å²) in [6, 6.07) is 6.27. The van der Waals surface area contributed by atoms with E-state index in [1.54, 1.807) is 12.1 Å². The second kappa shape index (κ2) is 4.60. The zero-order chi connectivity index (χ0) is 11.5. The quantitative estimate of drug-likeness (QED) is 0.823. The van der Waals surface area contributed by atoms with E-state index in [0.717, 1.165) is 5.01 Å². The van der Waals surface area contributed by atoms with Crippen LogP contribution in [-0.4, -0.2) is 10.2 Å². The summed E-state index contributed by atoms with van der Waals surface area (Å²) >= 11 is 2.63. The molecule has 2 aromatic rings. The Morgan fingerprint density at radius 2 is 2.25 bits per heavy atom. The van der Waals surface area contributed by atoms with E-state index in [-0.39, 0.29) is 0 Å². The van der Waals surface area contributed by atoms with Gasteiger partial charge in [0, 0.05) is 0 Å². The topological polar surface area (TPSA) is 49.6 Å². The Morgan fingerprint density at radius 1 is 1.44 bits per heavy atom. The molecule has 0 radical (unpaired) electrons. The first-order valence-electron chi connectivity index (χ1n) is 4.36. The molecule has 0 aliphatic carbocycles. The summed E-state index contributed by atoms with van der Waals surface area (Å²) in [5, 5.41) is 17.2. The van der Waals surface area contributed by atoms with Crippen molar-refractivity contribution >= 4 is 23.1 Å². The van der Waals surface area contributed by atoms with Gasteiger partial charge < -0.3 is 0 Å². The summed E-state index contributed by atoms with van der Waals surface area (Å²) in [6.45, 7) is 1.84. The predicted octanol–water partition coefficient (Wildman–Crippen LogP) is 3.01. The molecule has 1 aromatic heterocycles. The van der Waals surface area contributed by atoms with Gasteiger partial charge in [-0.25, -0.2) is 4.39 Å². The van der Waals surface area contributed by atoms with Crippen molar-refractivity contribution in [3.05, 3.63) is 34.6 Å². The van der Waals surface area contributed by atoms with Crippen LogP contribution in [0.15, 0.2) is 27.4 Å². The number of hydrogen-bond donors (Lipinski definition) is 0. The van der Waals surface area contributed by atoms with E-state index in [4.69, 9.17) is 5.26 Å². The molecular formula is C10H6FN3S2. The molecule has 16 heavy (non-hydrogen) atoms. The highest BCUT2D eigenvalue weighted by molar-refractivity contribution is 8.01. The zero-order valence-corrected chi connectivity index (χ0v) is 9.90. The molecule has 0 N–H and O–H groups in total. The zero-order valence-electron chi connectivity index (χ0n) is 8.27. The van der Waals surface area contributed by atoms with Crippen molar-refractivity contribution in [2.45, 2.75) is 16.2 Å². The third-order valence-electron chi connectivity index (χ3n) is 1.77. The van der Waals surface area contributed by atoms with Crippen molar-refractivity contribution in [3.8, 4) is 6.07 Å². The number of rotatable bonds is 2. The van der Waals surface area contributed by atoms with Crippen molar-refractivity contribution in [2.75, 3.05) is 0 Å². The minimum atomic E-state index is -0.406.